The maximum Gasteiger partial charge on any atom is 0.338 e. The Bertz CT molecular complexity index is 1480. The van der Waals surface area contributed by atoms with E-state index in [-0.39, 0.29) is 11.1 Å². The van der Waals surface area contributed by atoms with Crippen molar-refractivity contribution in [2.45, 2.75) is 19.9 Å². The molecule has 2 aromatic carbocycles. The average molecular weight is 479 g/mol. The quantitative estimate of drug-likeness (QED) is 0.413. The molecule has 0 N–H and O–H groups in total. The van der Waals surface area contributed by atoms with Crippen molar-refractivity contribution in [3.63, 3.8) is 0 Å². The molecule has 8 nitrogen and oxygen atoms in total. The fourth-order valence-corrected chi connectivity index (χ4v) is 4.82. The molecular weight excluding hydrogens is 456 g/mol. The minimum Gasteiger partial charge on any atom is -0.497 e. The molecular formula is C25H22N2O6S. The smallest absolute Gasteiger partial charge is 0.338 e. The van der Waals surface area contributed by atoms with Crippen molar-refractivity contribution >= 4 is 29.4 Å². The fraction of sp³-hybridized carbons (Fsp3) is 0.200. The standard InChI is InChI=1S/C25H22N2O6S/c1-14-21(24(30)32-4)22(17-8-10-18(11-9-17)33-15(2)28)27-23(29)20(34-25(27)26-14)13-16-6-5-7-19(12-16)31-3/h5-13,22H,1-4H3. The molecule has 0 saturated carbocycles. The molecule has 0 radical (unpaired) electrons. The van der Waals surface area contributed by atoms with Crippen LogP contribution in [0.5, 0.6) is 11.5 Å². The maximum atomic E-state index is 13.5. The summed E-state index contributed by atoms with van der Waals surface area (Å²) in [6.45, 7) is 3.03. The zero-order valence-electron chi connectivity index (χ0n) is 19.0. The predicted molar refractivity (Wildman–Crippen MR) is 127 cm³/mol. The number of hydrogen-bond acceptors (Lipinski definition) is 8. The third kappa shape index (κ3) is 4.42. The summed E-state index contributed by atoms with van der Waals surface area (Å²) in [5, 5.41) is 0. The van der Waals surface area contributed by atoms with Crippen LogP contribution < -0.4 is 24.4 Å². The van der Waals surface area contributed by atoms with E-state index in [4.69, 9.17) is 14.2 Å². The largest absolute Gasteiger partial charge is 0.497 e. The average Bonchev–Trinajstić information content (AvgIpc) is 3.12. The van der Waals surface area contributed by atoms with Crippen LogP contribution in [0, 0.1) is 0 Å². The van der Waals surface area contributed by atoms with Crippen LogP contribution in [-0.2, 0) is 14.3 Å². The van der Waals surface area contributed by atoms with E-state index in [9.17, 15) is 14.4 Å². The number of methoxy groups -OCH3 is 2. The Morgan fingerprint density at radius 3 is 2.47 bits per heavy atom. The van der Waals surface area contributed by atoms with Crippen LogP contribution >= 0.6 is 11.3 Å². The summed E-state index contributed by atoms with van der Waals surface area (Å²) in [4.78, 5) is 42.5. The molecule has 0 amide bonds. The number of allylic oxidation sites excluding steroid dienone is 1. The first-order valence-electron chi connectivity index (χ1n) is 10.4. The molecule has 34 heavy (non-hydrogen) atoms. The molecule has 1 aromatic heterocycles. The molecule has 2 heterocycles. The predicted octanol–water partition coefficient (Wildman–Crippen LogP) is 2.34. The van der Waals surface area contributed by atoms with Gasteiger partial charge in [0.25, 0.3) is 5.56 Å². The van der Waals surface area contributed by atoms with Crippen molar-refractivity contribution in [3.8, 4) is 11.5 Å². The van der Waals surface area contributed by atoms with Crippen molar-refractivity contribution in [1.82, 2.24) is 4.57 Å². The van der Waals surface area contributed by atoms with E-state index < -0.39 is 18.0 Å². The normalized spacial score (nSPS) is 15.4. The van der Waals surface area contributed by atoms with Gasteiger partial charge in [-0.15, -0.1) is 0 Å². The molecule has 0 spiro atoms. The van der Waals surface area contributed by atoms with Crippen molar-refractivity contribution in [2.75, 3.05) is 14.2 Å². The maximum absolute atomic E-state index is 13.5. The fourth-order valence-electron chi connectivity index (χ4n) is 3.77. The van der Waals surface area contributed by atoms with Crippen molar-refractivity contribution < 1.29 is 23.8 Å². The Hall–Kier alpha value is -3.98. The summed E-state index contributed by atoms with van der Waals surface area (Å²) in [7, 11) is 2.87. The lowest BCUT2D eigenvalue weighted by Crippen LogP contribution is -2.39. The molecule has 1 atom stereocenters. The van der Waals surface area contributed by atoms with Gasteiger partial charge in [-0.25, -0.2) is 9.79 Å². The number of ether oxygens (including phenoxy) is 3. The summed E-state index contributed by atoms with van der Waals surface area (Å²) in [5.74, 6) is 0.0275. The minimum absolute atomic E-state index is 0.267. The first kappa shape index (κ1) is 23.2. The van der Waals surface area contributed by atoms with E-state index in [2.05, 4.69) is 4.99 Å². The van der Waals surface area contributed by atoms with Gasteiger partial charge in [-0.05, 0) is 48.4 Å². The van der Waals surface area contributed by atoms with E-state index >= 15 is 0 Å². The Kier molecular flexibility index (Phi) is 6.47. The number of carbonyl (C=O) groups is 2. The van der Waals surface area contributed by atoms with Crippen LogP contribution in [0.25, 0.3) is 6.08 Å². The van der Waals surface area contributed by atoms with Crippen LogP contribution in [0.4, 0.5) is 0 Å². The Morgan fingerprint density at radius 1 is 1.09 bits per heavy atom. The second-order valence-corrected chi connectivity index (χ2v) is 8.52. The van der Waals surface area contributed by atoms with Gasteiger partial charge in [-0.2, -0.15) is 0 Å². The summed E-state index contributed by atoms with van der Waals surface area (Å²) in [5.41, 5.74) is 1.91. The van der Waals surface area contributed by atoms with Gasteiger partial charge in [0.1, 0.15) is 11.5 Å². The SMILES string of the molecule is COC(=O)C1=C(C)N=c2sc(=Cc3cccc(OC)c3)c(=O)n2C1c1ccc(OC(C)=O)cc1. The molecule has 1 aliphatic rings. The highest BCUT2D eigenvalue weighted by Gasteiger charge is 2.33. The molecule has 0 fully saturated rings. The Morgan fingerprint density at radius 2 is 1.82 bits per heavy atom. The van der Waals surface area contributed by atoms with E-state index in [1.165, 1.54) is 29.9 Å². The highest BCUT2D eigenvalue weighted by atomic mass is 32.1. The molecule has 174 valence electrons. The number of benzene rings is 2. The summed E-state index contributed by atoms with van der Waals surface area (Å²) >= 11 is 1.24. The summed E-state index contributed by atoms with van der Waals surface area (Å²) < 4.78 is 17.4. The van der Waals surface area contributed by atoms with E-state index in [0.29, 0.717) is 32.1 Å². The second-order valence-electron chi connectivity index (χ2n) is 7.51. The molecule has 0 bridgehead atoms. The molecule has 4 rings (SSSR count). The third-order valence-electron chi connectivity index (χ3n) is 5.28. The molecule has 9 heteroatoms. The Balaban J connectivity index is 1.90. The number of thiazole rings is 1. The highest BCUT2D eigenvalue weighted by Crippen LogP contribution is 2.31. The van der Waals surface area contributed by atoms with Crippen LogP contribution in [0.2, 0.25) is 0 Å². The van der Waals surface area contributed by atoms with Crippen LogP contribution in [-0.4, -0.2) is 30.7 Å². The second kappa shape index (κ2) is 9.48. The van der Waals surface area contributed by atoms with E-state index in [0.717, 1.165) is 5.56 Å². The highest BCUT2D eigenvalue weighted by molar-refractivity contribution is 7.07. The molecule has 0 saturated heterocycles. The number of fused-ring (bicyclic) bond motifs is 1. The van der Waals surface area contributed by atoms with Crippen molar-refractivity contribution in [3.05, 3.63) is 90.6 Å². The van der Waals surface area contributed by atoms with Gasteiger partial charge < -0.3 is 14.2 Å². The number of esters is 2. The van der Waals surface area contributed by atoms with Crippen LogP contribution in [0.15, 0.2) is 69.6 Å². The van der Waals surface area contributed by atoms with Gasteiger partial charge in [-0.1, -0.05) is 35.6 Å². The van der Waals surface area contributed by atoms with E-state index in [1.807, 2.05) is 24.3 Å². The number of carbonyl (C=O) groups excluding carboxylic acids is 2. The molecule has 3 aromatic rings. The zero-order valence-corrected chi connectivity index (χ0v) is 19.8. The monoisotopic (exact) mass is 478 g/mol. The number of rotatable bonds is 5. The van der Waals surface area contributed by atoms with Gasteiger partial charge in [0.05, 0.1) is 36.1 Å². The Labute approximate surface area is 199 Å². The summed E-state index contributed by atoms with van der Waals surface area (Å²) in [6.07, 6.45) is 1.77. The lowest BCUT2D eigenvalue weighted by Gasteiger charge is -2.24. The minimum atomic E-state index is -0.748. The number of aromatic nitrogens is 1. The van der Waals surface area contributed by atoms with Gasteiger partial charge >= 0.3 is 11.9 Å². The first-order chi connectivity index (χ1) is 16.3. The van der Waals surface area contributed by atoms with Crippen molar-refractivity contribution in [2.24, 2.45) is 4.99 Å². The van der Waals surface area contributed by atoms with E-state index in [1.54, 1.807) is 44.4 Å². The summed E-state index contributed by atoms with van der Waals surface area (Å²) in [6, 6.07) is 13.3. The van der Waals surface area contributed by atoms with Gasteiger partial charge in [0, 0.05) is 6.92 Å². The molecule has 1 aliphatic heterocycles. The lowest BCUT2D eigenvalue weighted by molar-refractivity contribution is -0.136. The molecule has 1 unspecified atom stereocenters. The topological polar surface area (TPSA) is 96.2 Å². The number of hydrogen-bond donors (Lipinski definition) is 0. The van der Waals surface area contributed by atoms with Gasteiger partial charge in [0.2, 0.25) is 0 Å². The lowest BCUT2D eigenvalue weighted by atomic mass is 9.96. The first-order valence-corrected chi connectivity index (χ1v) is 11.2. The number of nitrogens with zero attached hydrogens (tertiary/aromatic N) is 2. The zero-order chi connectivity index (χ0) is 24.4. The third-order valence-corrected chi connectivity index (χ3v) is 6.26. The van der Waals surface area contributed by atoms with Crippen LogP contribution in [0.1, 0.15) is 31.0 Å². The van der Waals surface area contributed by atoms with Crippen molar-refractivity contribution in [1.29, 1.82) is 0 Å². The van der Waals surface area contributed by atoms with Crippen LogP contribution in [0.3, 0.4) is 0 Å². The van der Waals surface area contributed by atoms with Gasteiger partial charge in [0.15, 0.2) is 4.80 Å². The van der Waals surface area contributed by atoms with Gasteiger partial charge in [-0.3, -0.25) is 14.2 Å². The molecule has 0 aliphatic carbocycles.